The molecule has 4 nitrogen and oxygen atoms in total. The fourth-order valence-corrected chi connectivity index (χ4v) is 6.37. The summed E-state index contributed by atoms with van der Waals surface area (Å²) < 4.78 is 6.63. The summed E-state index contributed by atoms with van der Waals surface area (Å²) in [5.41, 5.74) is 6.62. The SMILES string of the molecule is c1ccc(-c2nc(-c3cccc4ccccc34)nc(-c3cccc4oc5c(-c6ccc7ccccc7c6)cccc5c34)n2)cc1. The molecule has 45 heavy (non-hydrogen) atoms. The number of hydrogen-bond acceptors (Lipinski definition) is 4. The van der Waals surface area contributed by atoms with E-state index in [-0.39, 0.29) is 0 Å². The van der Waals surface area contributed by atoms with Crippen molar-refractivity contribution in [3.05, 3.63) is 152 Å². The summed E-state index contributed by atoms with van der Waals surface area (Å²) in [6.07, 6.45) is 0. The van der Waals surface area contributed by atoms with E-state index in [0.29, 0.717) is 17.5 Å². The molecule has 210 valence electrons. The minimum absolute atomic E-state index is 0.608. The van der Waals surface area contributed by atoms with Gasteiger partial charge in [0.1, 0.15) is 11.2 Å². The second-order valence-electron chi connectivity index (χ2n) is 11.2. The Balaban J connectivity index is 1.29. The highest BCUT2D eigenvalue weighted by atomic mass is 16.3. The molecular formula is C41H25N3O. The zero-order valence-electron chi connectivity index (χ0n) is 24.2. The molecule has 0 aliphatic carbocycles. The van der Waals surface area contributed by atoms with Crippen molar-refractivity contribution in [3.63, 3.8) is 0 Å². The van der Waals surface area contributed by atoms with E-state index in [4.69, 9.17) is 19.4 Å². The van der Waals surface area contributed by atoms with Gasteiger partial charge in [-0.25, -0.2) is 15.0 Å². The number of rotatable bonds is 4. The zero-order chi connectivity index (χ0) is 29.7. The summed E-state index contributed by atoms with van der Waals surface area (Å²) in [5, 5.41) is 6.67. The molecule has 0 radical (unpaired) electrons. The van der Waals surface area contributed by atoms with Crippen molar-refractivity contribution >= 4 is 43.5 Å². The fraction of sp³-hybridized carbons (Fsp3) is 0. The molecule has 9 aromatic rings. The van der Waals surface area contributed by atoms with E-state index < -0.39 is 0 Å². The predicted molar refractivity (Wildman–Crippen MR) is 184 cm³/mol. The van der Waals surface area contributed by atoms with E-state index in [1.54, 1.807) is 0 Å². The van der Waals surface area contributed by atoms with Crippen molar-refractivity contribution in [2.45, 2.75) is 0 Å². The number of furan rings is 1. The molecule has 0 amide bonds. The molecule has 0 saturated heterocycles. The number of para-hydroxylation sites is 1. The van der Waals surface area contributed by atoms with Crippen LogP contribution in [0.2, 0.25) is 0 Å². The summed E-state index contributed by atoms with van der Waals surface area (Å²) >= 11 is 0. The van der Waals surface area contributed by atoms with Crippen LogP contribution in [0.1, 0.15) is 0 Å². The maximum atomic E-state index is 6.63. The highest BCUT2D eigenvalue weighted by Crippen LogP contribution is 2.41. The van der Waals surface area contributed by atoms with E-state index in [1.807, 2.05) is 42.5 Å². The van der Waals surface area contributed by atoms with Gasteiger partial charge >= 0.3 is 0 Å². The van der Waals surface area contributed by atoms with E-state index in [0.717, 1.165) is 60.5 Å². The molecule has 0 atom stereocenters. The highest BCUT2D eigenvalue weighted by molar-refractivity contribution is 6.15. The van der Waals surface area contributed by atoms with Crippen molar-refractivity contribution in [1.82, 2.24) is 15.0 Å². The molecule has 0 N–H and O–H groups in total. The Morgan fingerprint density at radius 1 is 0.378 bits per heavy atom. The van der Waals surface area contributed by atoms with Gasteiger partial charge < -0.3 is 4.42 Å². The van der Waals surface area contributed by atoms with Gasteiger partial charge in [0.05, 0.1) is 0 Å². The summed E-state index contributed by atoms with van der Waals surface area (Å²) in [4.78, 5) is 15.2. The van der Waals surface area contributed by atoms with Crippen molar-refractivity contribution in [1.29, 1.82) is 0 Å². The van der Waals surface area contributed by atoms with Crippen LogP contribution in [-0.4, -0.2) is 15.0 Å². The van der Waals surface area contributed by atoms with Crippen LogP contribution >= 0.6 is 0 Å². The predicted octanol–water partition coefficient (Wildman–Crippen LogP) is 10.7. The summed E-state index contributed by atoms with van der Waals surface area (Å²) in [6.45, 7) is 0. The third-order valence-electron chi connectivity index (χ3n) is 8.52. The third-order valence-corrected chi connectivity index (χ3v) is 8.52. The minimum atomic E-state index is 0.608. The Morgan fingerprint density at radius 3 is 1.89 bits per heavy atom. The molecule has 7 aromatic carbocycles. The fourth-order valence-electron chi connectivity index (χ4n) is 6.37. The smallest absolute Gasteiger partial charge is 0.164 e. The van der Waals surface area contributed by atoms with Gasteiger partial charge in [-0.3, -0.25) is 0 Å². The summed E-state index contributed by atoms with van der Waals surface area (Å²) in [6, 6.07) is 52.2. The Hall–Kier alpha value is -6.13. The first-order valence-electron chi connectivity index (χ1n) is 15.0. The molecule has 0 bridgehead atoms. The first kappa shape index (κ1) is 25.4. The Kier molecular flexibility index (Phi) is 5.78. The molecule has 0 fully saturated rings. The molecule has 0 aliphatic heterocycles. The number of aromatic nitrogens is 3. The van der Waals surface area contributed by atoms with Crippen LogP contribution in [0.4, 0.5) is 0 Å². The van der Waals surface area contributed by atoms with E-state index in [1.165, 1.54) is 10.8 Å². The van der Waals surface area contributed by atoms with Crippen LogP contribution in [-0.2, 0) is 0 Å². The van der Waals surface area contributed by atoms with Gasteiger partial charge in [-0.2, -0.15) is 0 Å². The molecule has 0 saturated carbocycles. The van der Waals surface area contributed by atoms with Gasteiger partial charge in [0.15, 0.2) is 17.5 Å². The van der Waals surface area contributed by atoms with E-state index in [2.05, 4.69) is 109 Å². The van der Waals surface area contributed by atoms with E-state index in [9.17, 15) is 0 Å². The van der Waals surface area contributed by atoms with Gasteiger partial charge in [0.25, 0.3) is 0 Å². The van der Waals surface area contributed by atoms with Crippen molar-refractivity contribution in [2.75, 3.05) is 0 Å². The van der Waals surface area contributed by atoms with Gasteiger partial charge in [0.2, 0.25) is 0 Å². The quantitative estimate of drug-likeness (QED) is 0.209. The first-order valence-corrected chi connectivity index (χ1v) is 15.0. The molecule has 4 heteroatoms. The molecular weight excluding hydrogens is 550 g/mol. The second-order valence-corrected chi connectivity index (χ2v) is 11.2. The van der Waals surface area contributed by atoms with Crippen LogP contribution < -0.4 is 0 Å². The van der Waals surface area contributed by atoms with Gasteiger partial charge in [-0.15, -0.1) is 0 Å². The highest BCUT2D eigenvalue weighted by Gasteiger charge is 2.20. The average molecular weight is 576 g/mol. The largest absolute Gasteiger partial charge is 0.455 e. The second kappa shape index (κ2) is 10.2. The third kappa shape index (κ3) is 4.27. The lowest BCUT2D eigenvalue weighted by Crippen LogP contribution is -2.00. The molecule has 0 aliphatic rings. The van der Waals surface area contributed by atoms with Gasteiger partial charge in [0, 0.05) is 33.0 Å². The topological polar surface area (TPSA) is 51.8 Å². The molecule has 2 heterocycles. The maximum absolute atomic E-state index is 6.63. The zero-order valence-corrected chi connectivity index (χ0v) is 24.2. The van der Waals surface area contributed by atoms with E-state index >= 15 is 0 Å². The normalized spacial score (nSPS) is 11.6. The number of benzene rings is 7. The van der Waals surface area contributed by atoms with Crippen LogP contribution in [0, 0.1) is 0 Å². The van der Waals surface area contributed by atoms with Gasteiger partial charge in [-0.05, 0) is 39.2 Å². The Labute approximate surface area is 259 Å². The number of nitrogens with zero attached hydrogens (tertiary/aromatic N) is 3. The standard InChI is InChI=1S/C41H25N3O/c1-2-13-28(14-3-1)39-42-40(33-19-8-16-27-12-6-7-17-31(27)33)44-41(43-39)35-21-10-22-36-37(35)34-20-9-18-32(38(34)45-36)30-24-23-26-11-4-5-15-29(26)25-30/h1-25H. The lowest BCUT2D eigenvalue weighted by Gasteiger charge is -2.11. The average Bonchev–Trinajstić information content (AvgIpc) is 3.51. The van der Waals surface area contributed by atoms with Crippen LogP contribution in [0.3, 0.4) is 0 Å². The lowest BCUT2D eigenvalue weighted by molar-refractivity contribution is 0.670. The maximum Gasteiger partial charge on any atom is 0.164 e. The van der Waals surface area contributed by atoms with Crippen molar-refractivity contribution in [2.24, 2.45) is 0 Å². The van der Waals surface area contributed by atoms with Crippen LogP contribution in [0.15, 0.2) is 156 Å². The number of fused-ring (bicyclic) bond motifs is 5. The molecule has 9 rings (SSSR count). The first-order chi connectivity index (χ1) is 22.3. The molecule has 2 aromatic heterocycles. The number of hydrogen-bond donors (Lipinski definition) is 0. The van der Waals surface area contributed by atoms with Crippen molar-refractivity contribution < 1.29 is 4.42 Å². The Bertz CT molecular complexity index is 2540. The lowest BCUT2D eigenvalue weighted by atomic mass is 9.98. The van der Waals surface area contributed by atoms with Crippen LogP contribution in [0.25, 0.3) is 88.8 Å². The van der Waals surface area contributed by atoms with Gasteiger partial charge in [-0.1, -0.05) is 140 Å². The summed E-state index contributed by atoms with van der Waals surface area (Å²) in [5.74, 6) is 1.87. The Morgan fingerprint density at radius 2 is 1.00 bits per heavy atom. The molecule has 0 unspecified atom stereocenters. The molecule has 0 spiro atoms. The monoisotopic (exact) mass is 575 g/mol. The van der Waals surface area contributed by atoms with Crippen LogP contribution in [0.5, 0.6) is 0 Å². The summed E-state index contributed by atoms with van der Waals surface area (Å²) in [7, 11) is 0. The minimum Gasteiger partial charge on any atom is -0.455 e. The van der Waals surface area contributed by atoms with Crippen molar-refractivity contribution in [3.8, 4) is 45.3 Å².